The largest absolute Gasteiger partial charge is 0.349 e. The number of amides is 1. The van der Waals surface area contributed by atoms with Gasteiger partial charge in [0.1, 0.15) is 0 Å². The molecule has 0 heterocycles. The number of nitrogens with zero attached hydrogens (tertiary/aromatic N) is 1. The summed E-state index contributed by atoms with van der Waals surface area (Å²) in [4.78, 5) is 12.3. The highest BCUT2D eigenvalue weighted by molar-refractivity contribution is 7.89. The monoisotopic (exact) mass is 310 g/mol. The maximum Gasteiger partial charge on any atom is 0.251 e. The van der Waals surface area contributed by atoms with E-state index in [9.17, 15) is 13.2 Å². The van der Waals surface area contributed by atoms with Crippen molar-refractivity contribution in [1.82, 2.24) is 9.62 Å². The minimum atomic E-state index is -3.55. The van der Waals surface area contributed by atoms with Crippen LogP contribution < -0.4 is 5.32 Å². The molecule has 0 spiro atoms. The molecule has 0 saturated heterocycles. The first-order valence-corrected chi connectivity index (χ1v) is 8.75. The van der Waals surface area contributed by atoms with Gasteiger partial charge in [0.15, 0.2) is 0 Å². The van der Waals surface area contributed by atoms with Gasteiger partial charge in [-0.2, -0.15) is 4.31 Å². The average Bonchev–Trinajstić information content (AvgIpc) is 3.23. The van der Waals surface area contributed by atoms with Crippen molar-refractivity contribution in [2.75, 3.05) is 13.1 Å². The molecular formula is C15H22N2O3S. The Labute approximate surface area is 126 Å². The highest BCUT2D eigenvalue weighted by Gasteiger charge is 2.27. The summed E-state index contributed by atoms with van der Waals surface area (Å²) < 4.78 is 26.6. The summed E-state index contributed by atoms with van der Waals surface area (Å²) >= 11 is 0. The Kier molecular flexibility index (Phi) is 4.68. The molecule has 1 N–H and O–H groups in total. The van der Waals surface area contributed by atoms with Crippen LogP contribution in [0.2, 0.25) is 0 Å². The second kappa shape index (κ2) is 6.15. The van der Waals surface area contributed by atoms with Crippen LogP contribution in [0, 0.1) is 6.92 Å². The number of sulfonamides is 1. The molecule has 2 rings (SSSR count). The quantitative estimate of drug-likeness (QED) is 0.873. The fourth-order valence-corrected chi connectivity index (χ4v) is 3.93. The lowest BCUT2D eigenvalue weighted by Crippen LogP contribution is -2.31. The summed E-state index contributed by atoms with van der Waals surface area (Å²) in [5.74, 6) is -0.200. The minimum Gasteiger partial charge on any atom is -0.349 e. The zero-order valence-corrected chi connectivity index (χ0v) is 13.5. The van der Waals surface area contributed by atoms with E-state index >= 15 is 0 Å². The van der Waals surface area contributed by atoms with Crippen molar-refractivity contribution in [2.45, 2.75) is 44.6 Å². The Hall–Kier alpha value is -1.40. The van der Waals surface area contributed by atoms with Crippen LogP contribution in [0.5, 0.6) is 0 Å². The molecule has 0 unspecified atom stereocenters. The van der Waals surface area contributed by atoms with Gasteiger partial charge in [0.2, 0.25) is 10.0 Å². The maximum absolute atomic E-state index is 12.6. The molecule has 1 saturated carbocycles. The molecule has 0 radical (unpaired) electrons. The second-order valence-electron chi connectivity index (χ2n) is 5.32. The van der Waals surface area contributed by atoms with Crippen molar-refractivity contribution >= 4 is 15.9 Å². The smallest absolute Gasteiger partial charge is 0.251 e. The fraction of sp³-hybridized carbons (Fsp3) is 0.533. The second-order valence-corrected chi connectivity index (χ2v) is 7.22. The Morgan fingerprint density at radius 3 is 2.43 bits per heavy atom. The van der Waals surface area contributed by atoms with E-state index in [0.717, 1.165) is 12.8 Å². The van der Waals surface area contributed by atoms with Crippen LogP contribution in [0.4, 0.5) is 0 Å². The lowest BCUT2D eigenvalue weighted by molar-refractivity contribution is 0.0951. The van der Waals surface area contributed by atoms with Crippen molar-refractivity contribution in [3.63, 3.8) is 0 Å². The summed E-state index contributed by atoms with van der Waals surface area (Å²) in [7, 11) is -3.55. The standard InChI is InChI=1S/C15H22N2O3S/c1-4-17(5-2)21(19,20)14-10-12(7-6-11(14)3)15(18)16-13-8-9-13/h6-7,10,13H,4-5,8-9H2,1-3H3,(H,16,18). The zero-order chi connectivity index (χ0) is 15.6. The Bertz CT molecular complexity index is 632. The summed E-state index contributed by atoms with van der Waals surface area (Å²) in [5.41, 5.74) is 1.06. The van der Waals surface area contributed by atoms with Crippen LogP contribution in [0.25, 0.3) is 0 Å². The van der Waals surface area contributed by atoms with Gasteiger partial charge in [0, 0.05) is 24.7 Å². The van der Waals surface area contributed by atoms with Gasteiger partial charge in [-0.15, -0.1) is 0 Å². The summed E-state index contributed by atoms with van der Waals surface area (Å²) in [6.07, 6.45) is 2.00. The van der Waals surface area contributed by atoms with Crippen molar-refractivity contribution in [3.8, 4) is 0 Å². The predicted molar refractivity (Wildman–Crippen MR) is 81.8 cm³/mol. The summed E-state index contributed by atoms with van der Waals surface area (Å²) in [5, 5.41) is 2.88. The number of carbonyl (C=O) groups is 1. The van der Waals surface area contributed by atoms with E-state index in [0.29, 0.717) is 24.2 Å². The van der Waals surface area contributed by atoms with Crippen molar-refractivity contribution in [3.05, 3.63) is 29.3 Å². The third kappa shape index (κ3) is 3.44. The van der Waals surface area contributed by atoms with Gasteiger partial charge in [-0.3, -0.25) is 4.79 Å². The van der Waals surface area contributed by atoms with Gasteiger partial charge in [-0.05, 0) is 37.5 Å². The minimum absolute atomic E-state index is 0.200. The van der Waals surface area contributed by atoms with E-state index in [4.69, 9.17) is 0 Å². The maximum atomic E-state index is 12.6. The predicted octanol–water partition coefficient (Wildman–Crippen LogP) is 1.92. The van der Waals surface area contributed by atoms with Crippen LogP contribution in [0.3, 0.4) is 0 Å². The zero-order valence-electron chi connectivity index (χ0n) is 12.7. The van der Waals surface area contributed by atoms with Crippen LogP contribution in [0.15, 0.2) is 23.1 Å². The Balaban J connectivity index is 2.36. The fourth-order valence-electron chi connectivity index (χ4n) is 2.22. The Morgan fingerprint density at radius 2 is 1.90 bits per heavy atom. The molecule has 1 aromatic carbocycles. The molecule has 0 bridgehead atoms. The molecule has 1 fully saturated rings. The topological polar surface area (TPSA) is 66.5 Å². The van der Waals surface area contributed by atoms with Crippen molar-refractivity contribution in [1.29, 1.82) is 0 Å². The molecule has 5 nitrogen and oxygen atoms in total. The van der Waals surface area contributed by atoms with E-state index in [2.05, 4.69) is 5.32 Å². The first kappa shape index (κ1) is 16.0. The van der Waals surface area contributed by atoms with Gasteiger partial charge in [0.25, 0.3) is 5.91 Å². The van der Waals surface area contributed by atoms with E-state index in [1.807, 2.05) is 0 Å². The lowest BCUT2D eigenvalue weighted by Gasteiger charge is -2.20. The molecule has 21 heavy (non-hydrogen) atoms. The Morgan fingerprint density at radius 1 is 1.29 bits per heavy atom. The lowest BCUT2D eigenvalue weighted by atomic mass is 10.1. The first-order valence-electron chi connectivity index (χ1n) is 7.31. The van der Waals surface area contributed by atoms with Crippen LogP contribution in [-0.2, 0) is 10.0 Å². The van der Waals surface area contributed by atoms with Crippen LogP contribution in [0.1, 0.15) is 42.6 Å². The van der Waals surface area contributed by atoms with Crippen LogP contribution >= 0.6 is 0 Å². The number of rotatable bonds is 6. The number of hydrogen-bond acceptors (Lipinski definition) is 3. The molecule has 1 aliphatic rings. The number of hydrogen-bond donors (Lipinski definition) is 1. The molecular weight excluding hydrogens is 288 g/mol. The normalized spacial score (nSPS) is 15.2. The molecule has 6 heteroatoms. The van der Waals surface area contributed by atoms with E-state index in [-0.39, 0.29) is 16.8 Å². The van der Waals surface area contributed by atoms with E-state index in [1.165, 1.54) is 10.4 Å². The van der Waals surface area contributed by atoms with Crippen LogP contribution in [-0.4, -0.2) is 37.8 Å². The average molecular weight is 310 g/mol. The molecule has 1 amide bonds. The van der Waals surface area contributed by atoms with Crippen molar-refractivity contribution < 1.29 is 13.2 Å². The molecule has 0 atom stereocenters. The number of benzene rings is 1. The van der Waals surface area contributed by atoms with E-state index in [1.54, 1.807) is 32.9 Å². The van der Waals surface area contributed by atoms with Gasteiger partial charge in [0.05, 0.1) is 4.90 Å². The highest BCUT2D eigenvalue weighted by atomic mass is 32.2. The number of carbonyl (C=O) groups excluding carboxylic acids is 1. The van der Waals surface area contributed by atoms with E-state index < -0.39 is 10.0 Å². The first-order chi connectivity index (χ1) is 9.90. The molecule has 0 aromatic heterocycles. The third-order valence-corrected chi connectivity index (χ3v) is 5.88. The number of aryl methyl sites for hydroxylation is 1. The molecule has 0 aliphatic heterocycles. The summed E-state index contributed by atoms with van der Waals surface area (Å²) in [6, 6.07) is 5.11. The highest BCUT2D eigenvalue weighted by Crippen LogP contribution is 2.23. The van der Waals surface area contributed by atoms with Gasteiger partial charge >= 0.3 is 0 Å². The third-order valence-electron chi connectivity index (χ3n) is 3.69. The molecule has 116 valence electrons. The van der Waals surface area contributed by atoms with Gasteiger partial charge in [-0.1, -0.05) is 19.9 Å². The van der Waals surface area contributed by atoms with Gasteiger partial charge in [-0.25, -0.2) is 8.42 Å². The number of nitrogens with one attached hydrogen (secondary N) is 1. The summed E-state index contributed by atoms with van der Waals surface area (Å²) in [6.45, 7) is 6.19. The van der Waals surface area contributed by atoms with Gasteiger partial charge < -0.3 is 5.32 Å². The van der Waals surface area contributed by atoms with Crippen molar-refractivity contribution in [2.24, 2.45) is 0 Å². The SMILES string of the molecule is CCN(CC)S(=O)(=O)c1cc(C(=O)NC2CC2)ccc1C. The molecule has 1 aliphatic carbocycles. The molecule has 1 aromatic rings.